The number of nitrogens with zero attached hydrogens (tertiary/aromatic N) is 1. The Bertz CT molecular complexity index is 727. The number of hydrogen-bond donors (Lipinski definition) is 1. The van der Waals surface area contributed by atoms with Gasteiger partial charge in [0.25, 0.3) is 11.8 Å². The molecule has 0 saturated carbocycles. The minimum absolute atomic E-state index is 0.0847. The molecule has 0 unspecified atom stereocenters. The van der Waals surface area contributed by atoms with E-state index in [1.807, 2.05) is 0 Å². The predicted molar refractivity (Wildman–Crippen MR) is 66.3 cm³/mol. The molecule has 18 heavy (non-hydrogen) atoms. The van der Waals surface area contributed by atoms with E-state index in [2.05, 4.69) is 0 Å². The zero-order valence-corrected chi connectivity index (χ0v) is 10.3. The van der Waals surface area contributed by atoms with E-state index in [0.29, 0.717) is 15.8 Å². The first-order valence-electron chi connectivity index (χ1n) is 5.00. The van der Waals surface area contributed by atoms with Crippen molar-refractivity contribution >= 4 is 45.8 Å². The maximum absolute atomic E-state index is 11.8. The van der Waals surface area contributed by atoms with Crippen LogP contribution in [0.3, 0.4) is 0 Å². The fraction of sp³-hybridized carbons (Fsp3) is 0. The van der Waals surface area contributed by atoms with Crippen LogP contribution in [0.5, 0.6) is 0 Å². The topological polar surface area (TPSA) is 57.6 Å². The standard InChI is InChI=1S/C12H5Cl2NO3/c13-7-3-1-2-5-9-6(4-8(14)10(5)7)11(16)15(18)12(9)17/h1-4,18H. The maximum atomic E-state index is 11.8. The fourth-order valence-corrected chi connectivity index (χ4v) is 2.74. The maximum Gasteiger partial charge on any atom is 0.286 e. The second kappa shape index (κ2) is 3.68. The number of imide groups is 1. The van der Waals surface area contributed by atoms with Gasteiger partial charge in [0.05, 0.1) is 16.1 Å². The van der Waals surface area contributed by atoms with E-state index in [1.165, 1.54) is 6.07 Å². The highest BCUT2D eigenvalue weighted by molar-refractivity contribution is 6.44. The summed E-state index contributed by atoms with van der Waals surface area (Å²) in [6.45, 7) is 0. The van der Waals surface area contributed by atoms with E-state index in [-0.39, 0.29) is 21.2 Å². The van der Waals surface area contributed by atoms with E-state index < -0.39 is 11.8 Å². The number of benzene rings is 2. The second-order valence-corrected chi connectivity index (χ2v) is 4.68. The van der Waals surface area contributed by atoms with E-state index in [9.17, 15) is 14.8 Å². The van der Waals surface area contributed by atoms with Gasteiger partial charge in [-0.25, -0.2) is 0 Å². The molecule has 2 amide bonds. The number of rotatable bonds is 0. The summed E-state index contributed by atoms with van der Waals surface area (Å²) >= 11 is 12.1. The van der Waals surface area contributed by atoms with Crippen molar-refractivity contribution in [1.29, 1.82) is 0 Å². The molecular weight excluding hydrogens is 277 g/mol. The van der Waals surface area contributed by atoms with Gasteiger partial charge in [-0.2, -0.15) is 0 Å². The van der Waals surface area contributed by atoms with Crippen LogP contribution in [0.15, 0.2) is 24.3 Å². The van der Waals surface area contributed by atoms with Crippen LogP contribution in [0.4, 0.5) is 0 Å². The van der Waals surface area contributed by atoms with Crippen LogP contribution in [-0.4, -0.2) is 22.1 Å². The number of carbonyl (C=O) groups is 2. The summed E-state index contributed by atoms with van der Waals surface area (Å²) in [6, 6.07) is 6.27. The monoisotopic (exact) mass is 281 g/mol. The number of hydroxylamine groups is 2. The minimum Gasteiger partial charge on any atom is -0.278 e. The largest absolute Gasteiger partial charge is 0.286 e. The quantitative estimate of drug-likeness (QED) is 0.596. The number of amides is 2. The Labute approximate surface area is 111 Å². The summed E-state index contributed by atoms with van der Waals surface area (Å²) in [6.07, 6.45) is 0. The lowest BCUT2D eigenvalue weighted by Crippen LogP contribution is -2.25. The highest BCUT2D eigenvalue weighted by atomic mass is 35.5. The van der Waals surface area contributed by atoms with Crippen molar-refractivity contribution in [2.75, 3.05) is 0 Å². The van der Waals surface area contributed by atoms with Crippen molar-refractivity contribution < 1.29 is 14.8 Å². The molecule has 0 spiro atoms. The molecule has 1 N–H and O–H groups in total. The van der Waals surface area contributed by atoms with Crippen molar-refractivity contribution in [3.05, 3.63) is 45.4 Å². The molecule has 2 aromatic rings. The first-order valence-corrected chi connectivity index (χ1v) is 5.76. The number of carbonyl (C=O) groups excluding carboxylic acids is 2. The summed E-state index contributed by atoms with van der Waals surface area (Å²) < 4.78 is 0. The highest BCUT2D eigenvalue weighted by Crippen LogP contribution is 2.37. The third kappa shape index (κ3) is 1.31. The molecule has 0 aromatic heterocycles. The fourth-order valence-electron chi connectivity index (χ4n) is 2.10. The lowest BCUT2D eigenvalue weighted by Gasteiger charge is -2.06. The van der Waals surface area contributed by atoms with Crippen molar-refractivity contribution in [2.24, 2.45) is 0 Å². The van der Waals surface area contributed by atoms with Crippen LogP contribution < -0.4 is 0 Å². The molecular formula is C12H5Cl2NO3. The van der Waals surface area contributed by atoms with Crippen LogP contribution in [0.2, 0.25) is 10.0 Å². The Kier molecular flexibility index (Phi) is 2.35. The van der Waals surface area contributed by atoms with Crippen LogP contribution in [0.25, 0.3) is 10.8 Å². The molecule has 0 saturated heterocycles. The van der Waals surface area contributed by atoms with Gasteiger partial charge < -0.3 is 0 Å². The summed E-state index contributed by atoms with van der Waals surface area (Å²) in [5, 5.41) is 11.1. The van der Waals surface area contributed by atoms with Crippen molar-refractivity contribution in [3.8, 4) is 0 Å². The van der Waals surface area contributed by atoms with E-state index in [1.54, 1.807) is 18.2 Å². The van der Waals surface area contributed by atoms with Crippen LogP contribution >= 0.6 is 23.2 Å². The molecule has 1 heterocycles. The first kappa shape index (κ1) is 11.5. The smallest absolute Gasteiger partial charge is 0.278 e. The molecule has 3 rings (SSSR count). The molecule has 1 aliphatic heterocycles. The van der Waals surface area contributed by atoms with Gasteiger partial charge in [-0.3, -0.25) is 14.8 Å². The van der Waals surface area contributed by atoms with Gasteiger partial charge in [-0.15, -0.1) is 5.06 Å². The van der Waals surface area contributed by atoms with Gasteiger partial charge in [0, 0.05) is 10.4 Å². The van der Waals surface area contributed by atoms with Gasteiger partial charge in [0.2, 0.25) is 0 Å². The molecule has 6 heteroatoms. The Morgan fingerprint density at radius 3 is 2.50 bits per heavy atom. The molecule has 0 aliphatic carbocycles. The Morgan fingerprint density at radius 2 is 1.78 bits per heavy atom. The van der Waals surface area contributed by atoms with E-state index >= 15 is 0 Å². The average Bonchev–Trinajstić information content (AvgIpc) is 2.55. The van der Waals surface area contributed by atoms with Crippen LogP contribution in [-0.2, 0) is 0 Å². The number of halogens is 2. The third-order valence-corrected chi connectivity index (χ3v) is 3.50. The van der Waals surface area contributed by atoms with E-state index in [0.717, 1.165) is 0 Å². The van der Waals surface area contributed by atoms with Crippen molar-refractivity contribution in [1.82, 2.24) is 5.06 Å². The molecule has 1 aliphatic rings. The average molecular weight is 282 g/mol. The van der Waals surface area contributed by atoms with Gasteiger partial charge in [0.15, 0.2) is 0 Å². The SMILES string of the molecule is O=C1c2cc(Cl)c3c(Cl)cccc3c2C(=O)N1O. The summed E-state index contributed by atoms with van der Waals surface area (Å²) in [5.74, 6) is -1.54. The summed E-state index contributed by atoms with van der Waals surface area (Å²) in [5.41, 5.74) is 0.215. The lowest BCUT2D eigenvalue weighted by atomic mass is 10.0. The van der Waals surface area contributed by atoms with Gasteiger partial charge in [-0.1, -0.05) is 35.3 Å². The van der Waals surface area contributed by atoms with Crippen molar-refractivity contribution in [3.63, 3.8) is 0 Å². The molecule has 0 radical (unpaired) electrons. The Balaban J connectivity index is 2.53. The summed E-state index contributed by atoms with van der Waals surface area (Å²) in [7, 11) is 0. The van der Waals surface area contributed by atoms with Gasteiger partial charge in [0.1, 0.15) is 0 Å². The van der Waals surface area contributed by atoms with E-state index in [4.69, 9.17) is 23.2 Å². The summed E-state index contributed by atoms with van der Waals surface area (Å²) in [4.78, 5) is 23.5. The lowest BCUT2D eigenvalue weighted by molar-refractivity contribution is -0.0326. The molecule has 4 nitrogen and oxygen atoms in total. The van der Waals surface area contributed by atoms with Gasteiger partial charge >= 0.3 is 0 Å². The Hall–Kier alpha value is -1.62. The zero-order valence-electron chi connectivity index (χ0n) is 8.78. The molecule has 0 atom stereocenters. The second-order valence-electron chi connectivity index (χ2n) is 3.87. The molecule has 0 fully saturated rings. The molecule has 90 valence electrons. The predicted octanol–water partition coefficient (Wildman–Crippen LogP) is 3.13. The Morgan fingerprint density at radius 1 is 1.06 bits per heavy atom. The van der Waals surface area contributed by atoms with Crippen molar-refractivity contribution in [2.45, 2.75) is 0 Å². The van der Waals surface area contributed by atoms with Gasteiger partial charge in [-0.05, 0) is 17.5 Å². The third-order valence-electron chi connectivity index (χ3n) is 2.89. The molecule has 0 bridgehead atoms. The molecule has 2 aromatic carbocycles. The number of fused-ring (bicyclic) bond motifs is 3. The first-order chi connectivity index (χ1) is 8.52. The minimum atomic E-state index is -0.779. The van der Waals surface area contributed by atoms with Crippen LogP contribution in [0.1, 0.15) is 20.7 Å². The highest BCUT2D eigenvalue weighted by Gasteiger charge is 2.37. The van der Waals surface area contributed by atoms with Crippen LogP contribution in [0, 0.1) is 0 Å². The zero-order chi connectivity index (χ0) is 13.0. The normalized spacial score (nSPS) is 14.5. The number of hydrogen-bond acceptors (Lipinski definition) is 3.